The number of halogens is 2. The summed E-state index contributed by atoms with van der Waals surface area (Å²) in [5, 5.41) is 14.3. The molecule has 0 aliphatic carbocycles. The largest absolute Gasteiger partial charge is 0.465 e. The SMILES string of the molecule is CC(C)(C)C(c1cc(-c2cc(F)ccc2F)cn1Cc1ccccc1)N(CCCNC(=O)O)C(=O)CSCCCCCC(=O)NCCN1C(=O)C=CC1=O. The maximum Gasteiger partial charge on any atom is 0.404 e. The summed E-state index contributed by atoms with van der Waals surface area (Å²) >= 11 is 1.48. The number of thioether (sulfide) groups is 1. The van der Waals surface area contributed by atoms with Gasteiger partial charge < -0.3 is 25.2 Å². The van der Waals surface area contributed by atoms with Crippen molar-refractivity contribution in [2.24, 2.45) is 5.41 Å². The molecule has 0 radical (unpaired) electrons. The Bertz CT molecular complexity index is 1790. The van der Waals surface area contributed by atoms with Crippen molar-refractivity contribution in [1.82, 2.24) is 25.0 Å². The molecule has 14 heteroatoms. The number of benzene rings is 2. The van der Waals surface area contributed by atoms with E-state index >= 15 is 4.39 Å². The molecular formula is C40H49F2N5O6S. The minimum Gasteiger partial charge on any atom is -0.465 e. The van der Waals surface area contributed by atoms with Crippen molar-refractivity contribution in [1.29, 1.82) is 0 Å². The molecule has 0 bridgehead atoms. The Labute approximate surface area is 319 Å². The first kappa shape index (κ1) is 41.8. The van der Waals surface area contributed by atoms with Gasteiger partial charge in [-0.3, -0.25) is 24.1 Å². The second kappa shape index (κ2) is 19.9. The van der Waals surface area contributed by atoms with Gasteiger partial charge in [-0.25, -0.2) is 13.6 Å². The molecule has 1 atom stereocenters. The first-order valence-electron chi connectivity index (χ1n) is 18.1. The number of amides is 5. The molecule has 5 amide bonds. The van der Waals surface area contributed by atoms with Crippen LogP contribution in [0.4, 0.5) is 13.6 Å². The molecule has 1 aliphatic heterocycles. The maximum absolute atomic E-state index is 15.1. The van der Waals surface area contributed by atoms with Crippen LogP contribution in [0.2, 0.25) is 0 Å². The van der Waals surface area contributed by atoms with Gasteiger partial charge in [0, 0.05) is 74.3 Å². The molecule has 2 aromatic carbocycles. The highest BCUT2D eigenvalue weighted by Crippen LogP contribution is 2.41. The van der Waals surface area contributed by atoms with Gasteiger partial charge in [0.2, 0.25) is 11.8 Å². The van der Waals surface area contributed by atoms with Gasteiger partial charge in [0.05, 0.1) is 11.8 Å². The Morgan fingerprint density at radius 1 is 0.907 bits per heavy atom. The lowest BCUT2D eigenvalue weighted by atomic mass is 9.83. The summed E-state index contributed by atoms with van der Waals surface area (Å²) in [6, 6.07) is 14.3. The van der Waals surface area contributed by atoms with Crippen molar-refractivity contribution in [3.63, 3.8) is 0 Å². The summed E-state index contributed by atoms with van der Waals surface area (Å²) in [7, 11) is 0. The molecule has 290 valence electrons. The molecule has 3 aromatic rings. The van der Waals surface area contributed by atoms with Crippen LogP contribution in [0.15, 0.2) is 72.9 Å². The third-order valence-electron chi connectivity index (χ3n) is 8.93. The van der Waals surface area contributed by atoms with Gasteiger partial charge in [-0.1, -0.05) is 57.5 Å². The summed E-state index contributed by atoms with van der Waals surface area (Å²) < 4.78 is 31.4. The van der Waals surface area contributed by atoms with E-state index in [9.17, 15) is 28.4 Å². The third-order valence-corrected chi connectivity index (χ3v) is 9.95. The monoisotopic (exact) mass is 765 g/mol. The molecule has 1 unspecified atom stereocenters. The average molecular weight is 766 g/mol. The van der Waals surface area contributed by atoms with E-state index in [1.54, 1.807) is 11.1 Å². The van der Waals surface area contributed by atoms with Crippen LogP contribution >= 0.6 is 11.8 Å². The molecule has 54 heavy (non-hydrogen) atoms. The number of hydrogen-bond donors (Lipinski definition) is 3. The fourth-order valence-electron chi connectivity index (χ4n) is 6.41. The molecule has 0 spiro atoms. The normalized spacial score (nSPS) is 13.3. The number of rotatable bonds is 20. The van der Waals surface area contributed by atoms with Crippen molar-refractivity contribution in [3.05, 3.63) is 95.8 Å². The van der Waals surface area contributed by atoms with Gasteiger partial charge in [0.15, 0.2) is 0 Å². The molecule has 0 fully saturated rings. The van der Waals surface area contributed by atoms with Crippen LogP contribution in [-0.4, -0.2) is 86.9 Å². The number of aromatic nitrogens is 1. The highest BCUT2D eigenvalue weighted by atomic mass is 32.2. The number of nitrogens with one attached hydrogen (secondary N) is 2. The Morgan fingerprint density at radius 3 is 2.31 bits per heavy atom. The lowest BCUT2D eigenvalue weighted by Crippen LogP contribution is -2.44. The fraction of sp³-hybridized carbons (Fsp3) is 0.425. The average Bonchev–Trinajstić information content (AvgIpc) is 3.67. The number of carbonyl (C=O) groups is 5. The number of imide groups is 1. The minimum absolute atomic E-state index is 0.111. The standard InChI is InChI=1S/C40H49F2N5O6S/c1-40(2,3)38(33-23-29(31-24-30(41)14-15-32(31)42)26-45(33)25-28-11-6-4-7-12-28)47(20-10-18-44-39(52)53)37(51)27-54-22-9-5-8-13-34(48)43-19-21-46-35(49)16-17-36(46)50/h4,6-7,11-12,14-17,23-24,26,38,44H,5,8-10,13,18-22,25,27H2,1-3H3,(H,43,48)(H,52,53). The predicted octanol–water partition coefficient (Wildman–Crippen LogP) is 6.39. The van der Waals surface area contributed by atoms with Gasteiger partial charge in [-0.15, -0.1) is 0 Å². The van der Waals surface area contributed by atoms with Crippen molar-refractivity contribution in [2.45, 2.75) is 65.5 Å². The van der Waals surface area contributed by atoms with Crippen molar-refractivity contribution >= 4 is 41.5 Å². The molecule has 0 saturated carbocycles. The quantitative estimate of drug-likeness (QED) is 0.0895. The summed E-state index contributed by atoms with van der Waals surface area (Å²) in [6.45, 7) is 7.18. The van der Waals surface area contributed by atoms with Crippen LogP contribution in [0.5, 0.6) is 0 Å². The number of nitrogens with zero attached hydrogens (tertiary/aromatic N) is 3. The Morgan fingerprint density at radius 2 is 1.63 bits per heavy atom. The van der Waals surface area contributed by atoms with E-state index in [4.69, 9.17) is 5.11 Å². The molecule has 1 aliphatic rings. The molecular weight excluding hydrogens is 717 g/mol. The zero-order valence-electron chi connectivity index (χ0n) is 31.0. The zero-order chi connectivity index (χ0) is 39.3. The van der Waals surface area contributed by atoms with E-state index in [2.05, 4.69) is 10.6 Å². The Kier molecular flexibility index (Phi) is 15.4. The molecule has 1 aromatic heterocycles. The van der Waals surface area contributed by atoms with E-state index in [0.29, 0.717) is 37.1 Å². The summed E-state index contributed by atoms with van der Waals surface area (Å²) in [4.78, 5) is 63.7. The minimum atomic E-state index is -1.15. The van der Waals surface area contributed by atoms with Crippen LogP contribution in [0.25, 0.3) is 11.1 Å². The molecule has 0 saturated heterocycles. The first-order chi connectivity index (χ1) is 25.7. The van der Waals surface area contributed by atoms with Gasteiger partial charge >= 0.3 is 6.09 Å². The highest BCUT2D eigenvalue weighted by Gasteiger charge is 2.37. The van der Waals surface area contributed by atoms with Crippen molar-refractivity contribution in [2.75, 3.05) is 37.7 Å². The first-order valence-corrected chi connectivity index (χ1v) is 19.2. The summed E-state index contributed by atoms with van der Waals surface area (Å²) in [5.74, 6) is -1.35. The van der Waals surface area contributed by atoms with E-state index in [0.717, 1.165) is 47.2 Å². The number of carbonyl (C=O) groups excluding carboxylic acids is 4. The Balaban J connectivity index is 1.44. The van der Waals surface area contributed by atoms with Crippen LogP contribution in [-0.2, 0) is 25.7 Å². The predicted molar refractivity (Wildman–Crippen MR) is 205 cm³/mol. The van der Waals surface area contributed by atoms with Gasteiger partial charge in [-0.05, 0) is 60.3 Å². The summed E-state index contributed by atoms with van der Waals surface area (Å²) in [6.07, 6.45) is 5.90. The lowest BCUT2D eigenvalue weighted by molar-refractivity contribution is -0.137. The van der Waals surface area contributed by atoms with Crippen molar-refractivity contribution in [3.8, 4) is 11.1 Å². The van der Waals surface area contributed by atoms with Crippen LogP contribution in [0, 0.1) is 17.0 Å². The second-order valence-electron chi connectivity index (χ2n) is 14.2. The van der Waals surface area contributed by atoms with Crippen LogP contribution in [0.1, 0.15) is 70.2 Å². The summed E-state index contributed by atoms with van der Waals surface area (Å²) in [5.41, 5.74) is 1.78. The smallest absolute Gasteiger partial charge is 0.404 e. The van der Waals surface area contributed by atoms with E-state index in [1.165, 1.54) is 23.9 Å². The van der Waals surface area contributed by atoms with Gasteiger partial charge in [0.1, 0.15) is 11.6 Å². The molecule has 2 heterocycles. The highest BCUT2D eigenvalue weighted by molar-refractivity contribution is 7.99. The number of hydrogen-bond acceptors (Lipinski definition) is 6. The lowest BCUT2D eigenvalue weighted by Gasteiger charge is -2.41. The van der Waals surface area contributed by atoms with E-state index < -0.39 is 29.2 Å². The van der Waals surface area contributed by atoms with Crippen LogP contribution in [0.3, 0.4) is 0 Å². The van der Waals surface area contributed by atoms with Gasteiger partial charge in [0.25, 0.3) is 11.8 Å². The number of unbranched alkanes of at least 4 members (excludes halogenated alkanes) is 2. The molecule has 3 N–H and O–H groups in total. The van der Waals surface area contributed by atoms with Crippen molar-refractivity contribution < 1.29 is 37.9 Å². The van der Waals surface area contributed by atoms with Crippen LogP contribution < -0.4 is 10.6 Å². The fourth-order valence-corrected chi connectivity index (χ4v) is 7.30. The van der Waals surface area contributed by atoms with E-state index in [1.807, 2.05) is 61.7 Å². The second-order valence-corrected chi connectivity index (χ2v) is 15.3. The number of carboxylic acid groups (broad SMARTS) is 1. The van der Waals surface area contributed by atoms with E-state index in [-0.39, 0.29) is 61.1 Å². The Hall–Kier alpha value is -4.98. The maximum atomic E-state index is 15.1. The third kappa shape index (κ3) is 12.3. The van der Waals surface area contributed by atoms with Gasteiger partial charge in [-0.2, -0.15) is 11.8 Å². The molecule has 4 rings (SSSR count). The topological polar surface area (TPSA) is 141 Å². The molecule has 11 nitrogen and oxygen atoms in total. The zero-order valence-corrected chi connectivity index (χ0v) is 31.8.